The molecule has 4 N–H and O–H groups in total. The highest BCUT2D eigenvalue weighted by atomic mass is 35.5. The SMILES string of the molecule is [B]C(Nc1cc(Cl)c2ncc(C#N)c(NN3CCCCCC3)c2c1)(C1=CN(C2CC2)NN1)c1ccc(F)cc1. The summed E-state index contributed by atoms with van der Waals surface area (Å²) in [6, 6.07) is 12.5. The molecule has 2 aliphatic heterocycles. The first-order chi connectivity index (χ1) is 18.9. The van der Waals surface area contributed by atoms with E-state index in [4.69, 9.17) is 19.4 Å². The molecule has 2 fully saturated rings. The lowest BCUT2D eigenvalue weighted by molar-refractivity contribution is 0.260. The van der Waals surface area contributed by atoms with E-state index in [1.54, 1.807) is 24.4 Å². The van der Waals surface area contributed by atoms with Gasteiger partial charge in [-0.25, -0.2) is 9.40 Å². The van der Waals surface area contributed by atoms with Crippen molar-refractivity contribution >= 4 is 41.7 Å². The maximum atomic E-state index is 13.8. The summed E-state index contributed by atoms with van der Waals surface area (Å²) in [4.78, 5) is 4.49. The topological polar surface area (TPSA) is 91.3 Å². The summed E-state index contributed by atoms with van der Waals surface area (Å²) < 4.78 is 13.8. The highest BCUT2D eigenvalue weighted by Crippen LogP contribution is 2.38. The minimum Gasteiger partial charge on any atom is -0.378 e. The quantitative estimate of drug-likeness (QED) is 0.315. The molecule has 1 saturated carbocycles. The van der Waals surface area contributed by atoms with Crippen LogP contribution >= 0.6 is 11.6 Å². The molecule has 1 aromatic heterocycles. The van der Waals surface area contributed by atoms with E-state index in [2.05, 4.69) is 37.8 Å². The molecular weight excluding hydrogens is 514 g/mol. The second-order valence-electron chi connectivity index (χ2n) is 10.4. The molecule has 1 aliphatic carbocycles. The third kappa shape index (κ3) is 5.22. The molecule has 1 unspecified atom stereocenters. The number of benzene rings is 2. The minimum absolute atomic E-state index is 0.347. The van der Waals surface area contributed by atoms with Gasteiger partial charge in [-0.05, 0) is 55.5 Å². The van der Waals surface area contributed by atoms with Crippen LogP contribution < -0.4 is 21.7 Å². The van der Waals surface area contributed by atoms with Gasteiger partial charge in [0.2, 0.25) is 0 Å². The van der Waals surface area contributed by atoms with Gasteiger partial charge in [-0.3, -0.25) is 9.99 Å². The fourth-order valence-corrected chi connectivity index (χ4v) is 5.46. The first kappa shape index (κ1) is 25.7. The Kier molecular flexibility index (Phi) is 6.98. The molecule has 3 aromatic rings. The highest BCUT2D eigenvalue weighted by Gasteiger charge is 2.37. The monoisotopic (exact) mass is 542 g/mol. The lowest BCUT2D eigenvalue weighted by Gasteiger charge is -2.34. The third-order valence-corrected chi connectivity index (χ3v) is 7.80. The zero-order chi connectivity index (χ0) is 27.0. The molecule has 0 bridgehead atoms. The number of aromatic nitrogens is 1. The highest BCUT2D eigenvalue weighted by molar-refractivity contribution is 6.36. The predicted octanol–water partition coefficient (Wildman–Crippen LogP) is 4.86. The maximum absolute atomic E-state index is 13.8. The Morgan fingerprint density at radius 1 is 1.13 bits per heavy atom. The average Bonchev–Trinajstić information content (AvgIpc) is 3.71. The van der Waals surface area contributed by atoms with Crippen LogP contribution in [0.5, 0.6) is 0 Å². The van der Waals surface area contributed by atoms with Crippen molar-refractivity contribution in [3.63, 3.8) is 0 Å². The number of nitrogens with zero attached hydrogens (tertiary/aromatic N) is 4. The minimum atomic E-state index is -1.25. The van der Waals surface area contributed by atoms with Gasteiger partial charge >= 0.3 is 0 Å². The van der Waals surface area contributed by atoms with Crippen LogP contribution in [0, 0.1) is 17.1 Å². The predicted molar refractivity (Wildman–Crippen MR) is 152 cm³/mol. The van der Waals surface area contributed by atoms with Gasteiger partial charge in [0.15, 0.2) is 0 Å². The zero-order valence-corrected chi connectivity index (χ0v) is 22.2. The van der Waals surface area contributed by atoms with Gasteiger partial charge in [-0.1, -0.05) is 36.6 Å². The lowest BCUT2D eigenvalue weighted by atomic mass is 9.69. The number of hydrogen-bond donors (Lipinski definition) is 4. The fraction of sp³-hybridized carbons (Fsp3) is 0.357. The van der Waals surface area contributed by atoms with Crippen LogP contribution in [0.1, 0.15) is 49.7 Å². The number of pyridine rings is 1. The van der Waals surface area contributed by atoms with Crippen LogP contribution in [0.2, 0.25) is 5.02 Å². The average molecular weight is 543 g/mol. The number of hydrogen-bond acceptors (Lipinski definition) is 8. The Morgan fingerprint density at radius 3 is 2.56 bits per heavy atom. The maximum Gasteiger partial charge on any atom is 0.123 e. The van der Waals surface area contributed by atoms with E-state index in [1.807, 2.05) is 17.3 Å². The van der Waals surface area contributed by atoms with Crippen LogP contribution in [0.4, 0.5) is 15.8 Å². The molecule has 11 heteroatoms. The van der Waals surface area contributed by atoms with Gasteiger partial charge in [0.1, 0.15) is 19.7 Å². The Labute approximate surface area is 233 Å². The van der Waals surface area contributed by atoms with Gasteiger partial charge in [0.25, 0.3) is 0 Å². The molecule has 8 nitrogen and oxygen atoms in total. The van der Waals surface area contributed by atoms with Crippen molar-refractivity contribution in [1.29, 1.82) is 5.26 Å². The Morgan fingerprint density at radius 2 is 1.87 bits per heavy atom. The second-order valence-corrected chi connectivity index (χ2v) is 10.8. The standard InChI is InChI=1S/C28H29BClFN8/c29-28(19-5-7-20(31)8-6-19,25-17-39(37-35-25)22-9-10-22)34-21-13-23-26(36-38-11-3-1-2-4-12-38)18(15-32)16-33-27(23)24(30)14-21/h5-8,13-14,16-17,22,34-35,37H,1-4,9-12H2,(H,33,36). The molecule has 2 aromatic carbocycles. The van der Waals surface area contributed by atoms with E-state index in [0.717, 1.165) is 38.8 Å². The van der Waals surface area contributed by atoms with Crippen molar-refractivity contribution in [3.8, 4) is 6.07 Å². The number of hydrazine groups is 3. The Balaban J connectivity index is 1.42. The number of halogens is 2. The van der Waals surface area contributed by atoms with E-state index in [9.17, 15) is 9.65 Å². The van der Waals surface area contributed by atoms with Crippen molar-refractivity contribution in [2.75, 3.05) is 23.8 Å². The van der Waals surface area contributed by atoms with Crippen LogP contribution in [0.25, 0.3) is 10.9 Å². The molecule has 3 aliphatic rings. The Hall–Kier alpha value is -3.52. The van der Waals surface area contributed by atoms with Crippen LogP contribution in [0.15, 0.2) is 54.5 Å². The van der Waals surface area contributed by atoms with Gasteiger partial charge < -0.3 is 16.2 Å². The van der Waals surface area contributed by atoms with Gasteiger partial charge in [0.05, 0.1) is 32.9 Å². The number of fused-ring (bicyclic) bond motifs is 1. The van der Waals surface area contributed by atoms with Gasteiger partial charge in [-0.15, -0.1) is 5.53 Å². The zero-order valence-electron chi connectivity index (χ0n) is 21.5. The summed E-state index contributed by atoms with van der Waals surface area (Å²) in [5, 5.41) is 18.6. The van der Waals surface area contributed by atoms with E-state index in [1.165, 1.54) is 25.0 Å². The molecule has 3 heterocycles. The molecule has 1 atom stereocenters. The van der Waals surface area contributed by atoms with Crippen molar-refractivity contribution < 1.29 is 4.39 Å². The summed E-state index contributed by atoms with van der Waals surface area (Å²) in [6.07, 6.45) is 10.3. The first-order valence-corrected chi connectivity index (χ1v) is 13.7. The van der Waals surface area contributed by atoms with Crippen molar-refractivity contribution in [2.24, 2.45) is 0 Å². The fourth-order valence-electron chi connectivity index (χ4n) is 5.19. The number of nitrogens with one attached hydrogen (secondary N) is 4. The summed E-state index contributed by atoms with van der Waals surface area (Å²) >= 11 is 6.76. The first-order valence-electron chi connectivity index (χ1n) is 13.3. The van der Waals surface area contributed by atoms with Crippen LogP contribution in [-0.4, -0.2) is 42.0 Å². The smallest absolute Gasteiger partial charge is 0.123 e. The van der Waals surface area contributed by atoms with Gasteiger partial charge in [-0.2, -0.15) is 5.26 Å². The lowest BCUT2D eigenvalue weighted by Crippen LogP contribution is -2.45. The Bertz CT molecular complexity index is 1450. The van der Waals surface area contributed by atoms with E-state index in [-0.39, 0.29) is 5.82 Å². The summed E-state index contributed by atoms with van der Waals surface area (Å²) in [6.45, 7) is 1.78. The molecule has 39 heavy (non-hydrogen) atoms. The number of nitriles is 1. The molecule has 0 amide bonds. The number of anilines is 2. The van der Waals surface area contributed by atoms with E-state index < -0.39 is 5.44 Å². The van der Waals surface area contributed by atoms with E-state index in [0.29, 0.717) is 50.2 Å². The number of rotatable bonds is 7. The second kappa shape index (κ2) is 10.6. The van der Waals surface area contributed by atoms with Crippen LogP contribution in [0.3, 0.4) is 0 Å². The summed E-state index contributed by atoms with van der Waals surface area (Å²) in [5.41, 5.74) is 12.2. The summed E-state index contributed by atoms with van der Waals surface area (Å²) in [7, 11) is 7.08. The van der Waals surface area contributed by atoms with E-state index >= 15 is 0 Å². The molecule has 6 rings (SSSR count). The molecule has 2 radical (unpaired) electrons. The third-order valence-electron chi connectivity index (χ3n) is 7.52. The van der Waals surface area contributed by atoms with Gasteiger partial charge in [0, 0.05) is 42.6 Å². The molecule has 1 saturated heterocycles. The van der Waals surface area contributed by atoms with Crippen LogP contribution in [-0.2, 0) is 5.44 Å². The molecular formula is C28H29BClFN8. The summed E-state index contributed by atoms with van der Waals surface area (Å²) in [5.74, 6) is -0.347. The van der Waals surface area contributed by atoms with Crippen molar-refractivity contribution in [2.45, 2.75) is 50.0 Å². The van der Waals surface area contributed by atoms with Crippen molar-refractivity contribution in [3.05, 3.63) is 76.5 Å². The van der Waals surface area contributed by atoms with Crippen molar-refractivity contribution in [1.82, 2.24) is 26.0 Å². The largest absolute Gasteiger partial charge is 0.378 e. The molecule has 198 valence electrons. The normalized spacial score (nSPS) is 19.5. The molecule has 0 spiro atoms.